The normalized spacial score (nSPS) is 12.5. The van der Waals surface area contributed by atoms with Gasteiger partial charge in [0.2, 0.25) is 0 Å². The molecule has 0 aliphatic heterocycles. The first-order valence-corrected chi connectivity index (χ1v) is 5.95. The van der Waals surface area contributed by atoms with Gasteiger partial charge in [-0.05, 0) is 19.1 Å². The number of aryl methyl sites for hydroxylation is 1. The van der Waals surface area contributed by atoms with E-state index in [0.29, 0.717) is 5.69 Å². The number of hydrogen-bond donors (Lipinski definition) is 1. The van der Waals surface area contributed by atoms with E-state index in [9.17, 15) is 13.2 Å². The molecule has 0 radical (unpaired) electrons. The van der Waals surface area contributed by atoms with Gasteiger partial charge in [0.1, 0.15) is 0 Å². The van der Waals surface area contributed by atoms with Gasteiger partial charge in [-0.3, -0.25) is 4.68 Å². The van der Waals surface area contributed by atoms with E-state index >= 15 is 0 Å². The molecule has 0 spiro atoms. The summed E-state index contributed by atoms with van der Waals surface area (Å²) in [6.07, 6.45) is 3.53. The summed E-state index contributed by atoms with van der Waals surface area (Å²) >= 11 is 0. The second-order valence-corrected chi connectivity index (χ2v) is 4.34. The number of nitrogens with zero attached hydrogens (tertiary/aromatic N) is 2. The summed E-state index contributed by atoms with van der Waals surface area (Å²) < 4.78 is 43.3. The maximum Gasteiger partial charge on any atom is 0.387 e. The van der Waals surface area contributed by atoms with Crippen molar-refractivity contribution < 1.29 is 17.9 Å². The summed E-state index contributed by atoms with van der Waals surface area (Å²) in [7, 11) is 1.80. The number of halogens is 3. The highest BCUT2D eigenvalue weighted by molar-refractivity contribution is 5.48. The maximum absolute atomic E-state index is 13.6. The van der Waals surface area contributed by atoms with Crippen LogP contribution in [0.25, 0.3) is 0 Å². The Kier molecular flexibility index (Phi) is 4.16. The van der Waals surface area contributed by atoms with Crippen molar-refractivity contribution in [2.75, 3.05) is 5.32 Å². The number of aromatic nitrogens is 2. The van der Waals surface area contributed by atoms with E-state index in [0.717, 1.165) is 11.6 Å². The fourth-order valence-electron chi connectivity index (χ4n) is 1.78. The average Bonchev–Trinajstić information content (AvgIpc) is 2.79. The van der Waals surface area contributed by atoms with Crippen LogP contribution in [0.3, 0.4) is 0 Å². The number of benzene rings is 1. The van der Waals surface area contributed by atoms with Crippen LogP contribution < -0.4 is 10.1 Å². The van der Waals surface area contributed by atoms with Gasteiger partial charge in [0.05, 0.1) is 12.2 Å². The second kappa shape index (κ2) is 5.85. The van der Waals surface area contributed by atoms with Crippen molar-refractivity contribution in [3.8, 4) is 5.75 Å². The molecule has 1 N–H and O–H groups in total. The van der Waals surface area contributed by atoms with E-state index in [1.54, 1.807) is 17.9 Å². The summed E-state index contributed by atoms with van der Waals surface area (Å²) in [4.78, 5) is 0. The van der Waals surface area contributed by atoms with Gasteiger partial charge >= 0.3 is 6.61 Å². The molecule has 2 rings (SSSR count). The number of rotatable bonds is 5. The lowest BCUT2D eigenvalue weighted by molar-refractivity contribution is -0.0521. The minimum atomic E-state index is -3.04. The molecule has 0 bridgehead atoms. The zero-order valence-electron chi connectivity index (χ0n) is 11.0. The monoisotopic (exact) mass is 285 g/mol. The third kappa shape index (κ3) is 3.43. The Morgan fingerprint density at radius 3 is 2.65 bits per heavy atom. The van der Waals surface area contributed by atoms with Gasteiger partial charge in [0.15, 0.2) is 11.6 Å². The molecule has 1 aromatic carbocycles. The van der Waals surface area contributed by atoms with E-state index in [4.69, 9.17) is 0 Å². The molecule has 1 aromatic heterocycles. The number of hydrogen-bond acceptors (Lipinski definition) is 3. The van der Waals surface area contributed by atoms with E-state index in [1.807, 2.05) is 13.1 Å². The quantitative estimate of drug-likeness (QED) is 0.915. The number of alkyl halides is 2. The van der Waals surface area contributed by atoms with Crippen LogP contribution in [-0.4, -0.2) is 16.4 Å². The zero-order chi connectivity index (χ0) is 14.7. The first-order valence-electron chi connectivity index (χ1n) is 5.95. The minimum Gasteiger partial charge on any atom is -0.432 e. The molecule has 2 aromatic rings. The summed E-state index contributed by atoms with van der Waals surface area (Å²) in [5.41, 5.74) is 1.40. The molecule has 0 saturated heterocycles. The predicted molar refractivity (Wildman–Crippen MR) is 68.3 cm³/mol. The number of ether oxygens (including phenoxy) is 1. The Hall–Kier alpha value is -2.18. The molecule has 0 saturated carbocycles. The lowest BCUT2D eigenvalue weighted by Crippen LogP contribution is -2.07. The van der Waals surface area contributed by atoms with Crippen molar-refractivity contribution in [2.45, 2.75) is 19.6 Å². The number of anilines is 1. The standard InChI is InChI=1S/C13H14F3N3O/c1-8(9-6-17-19(2)7-9)18-10-3-4-12(11(14)5-10)20-13(15)16/h3-8,13,18H,1-2H3. The van der Waals surface area contributed by atoms with Gasteiger partial charge in [-0.1, -0.05) is 0 Å². The molecule has 0 fully saturated rings. The van der Waals surface area contributed by atoms with Gasteiger partial charge in [0.25, 0.3) is 0 Å². The lowest BCUT2D eigenvalue weighted by atomic mass is 10.2. The molecule has 1 atom stereocenters. The first-order chi connectivity index (χ1) is 9.45. The molecular weight excluding hydrogens is 271 g/mol. The topological polar surface area (TPSA) is 39.1 Å². The van der Waals surface area contributed by atoms with Crippen LogP contribution in [-0.2, 0) is 7.05 Å². The van der Waals surface area contributed by atoms with Gasteiger partial charge in [-0.2, -0.15) is 13.9 Å². The lowest BCUT2D eigenvalue weighted by Gasteiger charge is -2.14. The number of nitrogens with one attached hydrogen (secondary N) is 1. The van der Waals surface area contributed by atoms with Gasteiger partial charge in [-0.15, -0.1) is 0 Å². The van der Waals surface area contributed by atoms with Crippen molar-refractivity contribution in [3.05, 3.63) is 42.0 Å². The van der Waals surface area contributed by atoms with Gasteiger partial charge in [-0.25, -0.2) is 4.39 Å². The van der Waals surface area contributed by atoms with E-state index in [1.165, 1.54) is 12.1 Å². The van der Waals surface area contributed by atoms with E-state index < -0.39 is 18.2 Å². The molecular formula is C13H14F3N3O. The Bertz CT molecular complexity index is 586. The predicted octanol–water partition coefficient (Wildman–Crippen LogP) is 3.33. The highest BCUT2D eigenvalue weighted by Gasteiger charge is 2.12. The molecule has 0 aliphatic rings. The summed E-state index contributed by atoms with van der Waals surface area (Å²) in [6.45, 7) is -1.16. The Morgan fingerprint density at radius 2 is 2.10 bits per heavy atom. The fourth-order valence-corrected chi connectivity index (χ4v) is 1.78. The van der Waals surface area contributed by atoms with Crippen molar-refractivity contribution >= 4 is 5.69 Å². The van der Waals surface area contributed by atoms with Gasteiger partial charge in [0, 0.05) is 30.6 Å². The Morgan fingerprint density at radius 1 is 1.35 bits per heavy atom. The van der Waals surface area contributed by atoms with Crippen LogP contribution in [0.5, 0.6) is 5.75 Å². The molecule has 0 aliphatic carbocycles. The van der Waals surface area contributed by atoms with Crippen LogP contribution in [0.15, 0.2) is 30.6 Å². The van der Waals surface area contributed by atoms with Crippen molar-refractivity contribution in [3.63, 3.8) is 0 Å². The van der Waals surface area contributed by atoms with E-state index in [-0.39, 0.29) is 6.04 Å². The van der Waals surface area contributed by atoms with Crippen molar-refractivity contribution in [1.82, 2.24) is 9.78 Å². The zero-order valence-corrected chi connectivity index (χ0v) is 11.0. The third-order valence-electron chi connectivity index (χ3n) is 2.76. The highest BCUT2D eigenvalue weighted by Crippen LogP contribution is 2.25. The largest absolute Gasteiger partial charge is 0.432 e. The van der Waals surface area contributed by atoms with E-state index in [2.05, 4.69) is 15.2 Å². The molecule has 20 heavy (non-hydrogen) atoms. The first kappa shape index (κ1) is 14.2. The third-order valence-corrected chi connectivity index (χ3v) is 2.76. The molecule has 1 heterocycles. The highest BCUT2D eigenvalue weighted by atomic mass is 19.3. The van der Waals surface area contributed by atoms with Crippen molar-refractivity contribution in [2.24, 2.45) is 7.05 Å². The van der Waals surface area contributed by atoms with Crippen LogP contribution in [0, 0.1) is 5.82 Å². The molecule has 0 amide bonds. The van der Waals surface area contributed by atoms with Crippen LogP contribution in [0.4, 0.5) is 18.9 Å². The molecule has 108 valence electrons. The Balaban J connectivity index is 2.08. The fraction of sp³-hybridized carbons (Fsp3) is 0.308. The van der Waals surface area contributed by atoms with Crippen LogP contribution in [0.2, 0.25) is 0 Å². The summed E-state index contributed by atoms with van der Waals surface area (Å²) in [5.74, 6) is -1.31. The summed E-state index contributed by atoms with van der Waals surface area (Å²) in [5, 5.41) is 7.10. The summed E-state index contributed by atoms with van der Waals surface area (Å²) in [6, 6.07) is 3.67. The van der Waals surface area contributed by atoms with Crippen LogP contribution >= 0.6 is 0 Å². The minimum absolute atomic E-state index is 0.0926. The second-order valence-electron chi connectivity index (χ2n) is 4.34. The Labute approximate surface area is 114 Å². The van der Waals surface area contributed by atoms with Crippen LogP contribution in [0.1, 0.15) is 18.5 Å². The smallest absolute Gasteiger partial charge is 0.387 e. The maximum atomic E-state index is 13.6. The molecule has 1 unspecified atom stereocenters. The average molecular weight is 285 g/mol. The molecule has 7 heteroatoms. The SMILES string of the molecule is CC(Nc1ccc(OC(F)F)c(F)c1)c1cnn(C)c1. The van der Waals surface area contributed by atoms with Gasteiger partial charge < -0.3 is 10.1 Å². The molecule has 4 nitrogen and oxygen atoms in total. The van der Waals surface area contributed by atoms with Crippen molar-refractivity contribution in [1.29, 1.82) is 0 Å².